The molecule has 0 saturated heterocycles. The molecule has 92 valence electrons. The Hall–Kier alpha value is -1.89. The molecule has 0 aliphatic carbocycles. The first kappa shape index (κ1) is 12.6. The minimum atomic E-state index is 0.765. The van der Waals surface area contributed by atoms with E-state index >= 15 is 0 Å². The smallest absolute Gasteiger partial charge is 0.150 e. The Morgan fingerprint density at radius 3 is 2.50 bits per heavy atom. The van der Waals surface area contributed by atoms with E-state index in [1.54, 1.807) is 0 Å². The Balaban J connectivity index is 2.40. The average Bonchev–Trinajstić information content (AvgIpc) is 2.45. The van der Waals surface area contributed by atoms with E-state index in [-0.39, 0.29) is 0 Å². The molecule has 0 fully saturated rings. The second-order valence-electron chi connectivity index (χ2n) is 4.51. The molecule has 0 aromatic heterocycles. The van der Waals surface area contributed by atoms with Gasteiger partial charge in [-0.25, -0.2) is 0 Å². The van der Waals surface area contributed by atoms with Crippen molar-refractivity contribution in [2.75, 3.05) is 0 Å². The highest BCUT2D eigenvalue weighted by molar-refractivity contribution is 5.87. The van der Waals surface area contributed by atoms with E-state index in [0.717, 1.165) is 29.4 Å². The van der Waals surface area contributed by atoms with Gasteiger partial charge in [-0.2, -0.15) is 0 Å². The van der Waals surface area contributed by atoms with Crippen LogP contribution in [0.15, 0.2) is 48.5 Å². The first-order valence-corrected chi connectivity index (χ1v) is 6.48. The van der Waals surface area contributed by atoms with E-state index in [9.17, 15) is 4.79 Å². The number of hydrogen-bond donors (Lipinski definition) is 0. The number of unbranched alkanes of at least 4 members (excludes halogenated alkanes) is 1. The second kappa shape index (κ2) is 6.15. The molecular formula is C17H18O. The number of carbonyl (C=O) groups excluding carboxylic acids is 1. The van der Waals surface area contributed by atoms with Crippen LogP contribution in [-0.4, -0.2) is 6.29 Å². The Kier molecular flexibility index (Phi) is 4.30. The van der Waals surface area contributed by atoms with Crippen LogP contribution in [0.4, 0.5) is 0 Å². The molecule has 2 aromatic carbocycles. The minimum absolute atomic E-state index is 0.765. The zero-order valence-corrected chi connectivity index (χ0v) is 10.7. The molecule has 0 saturated carbocycles. The fourth-order valence-corrected chi connectivity index (χ4v) is 2.11. The molecule has 18 heavy (non-hydrogen) atoms. The summed E-state index contributed by atoms with van der Waals surface area (Å²) in [6.45, 7) is 2.19. The van der Waals surface area contributed by atoms with Gasteiger partial charge >= 0.3 is 0 Å². The van der Waals surface area contributed by atoms with E-state index in [4.69, 9.17) is 0 Å². The fraction of sp³-hybridized carbons (Fsp3) is 0.235. The summed E-state index contributed by atoms with van der Waals surface area (Å²) >= 11 is 0. The molecule has 1 nitrogen and oxygen atoms in total. The van der Waals surface area contributed by atoms with Crippen LogP contribution in [0.25, 0.3) is 11.1 Å². The van der Waals surface area contributed by atoms with Crippen LogP contribution >= 0.6 is 0 Å². The van der Waals surface area contributed by atoms with Crippen molar-refractivity contribution in [1.29, 1.82) is 0 Å². The zero-order chi connectivity index (χ0) is 12.8. The largest absolute Gasteiger partial charge is 0.298 e. The minimum Gasteiger partial charge on any atom is -0.298 e. The fourth-order valence-electron chi connectivity index (χ4n) is 2.11. The van der Waals surface area contributed by atoms with Crippen molar-refractivity contribution in [3.05, 3.63) is 59.7 Å². The summed E-state index contributed by atoms with van der Waals surface area (Å²) in [6.07, 6.45) is 4.40. The van der Waals surface area contributed by atoms with Gasteiger partial charge in [-0.05, 0) is 29.5 Å². The van der Waals surface area contributed by atoms with Gasteiger partial charge in [0.2, 0.25) is 0 Å². The van der Waals surface area contributed by atoms with Gasteiger partial charge in [-0.1, -0.05) is 61.9 Å². The van der Waals surface area contributed by atoms with Gasteiger partial charge in [-0.15, -0.1) is 0 Å². The summed E-state index contributed by atoms with van der Waals surface area (Å²) in [4.78, 5) is 11.1. The number of aldehydes is 1. The van der Waals surface area contributed by atoms with Crippen molar-refractivity contribution < 1.29 is 4.79 Å². The Labute approximate surface area is 108 Å². The quantitative estimate of drug-likeness (QED) is 0.700. The third kappa shape index (κ3) is 2.86. The monoisotopic (exact) mass is 238 g/mol. The highest BCUT2D eigenvalue weighted by atomic mass is 16.1. The first-order chi connectivity index (χ1) is 8.85. The van der Waals surface area contributed by atoms with Crippen molar-refractivity contribution in [2.24, 2.45) is 0 Å². The maximum absolute atomic E-state index is 11.1. The van der Waals surface area contributed by atoms with Gasteiger partial charge in [0.05, 0.1) is 0 Å². The predicted molar refractivity (Wildman–Crippen MR) is 75.9 cm³/mol. The maximum atomic E-state index is 11.1. The van der Waals surface area contributed by atoms with Gasteiger partial charge < -0.3 is 0 Å². The predicted octanol–water partition coefficient (Wildman–Crippen LogP) is 4.51. The Morgan fingerprint density at radius 1 is 1.06 bits per heavy atom. The van der Waals surface area contributed by atoms with Crippen LogP contribution in [-0.2, 0) is 6.42 Å². The summed E-state index contributed by atoms with van der Waals surface area (Å²) < 4.78 is 0. The molecule has 2 aromatic rings. The molecule has 0 spiro atoms. The molecule has 0 aliphatic heterocycles. The Bertz CT molecular complexity index is 514. The summed E-state index contributed by atoms with van der Waals surface area (Å²) in [5.74, 6) is 0. The van der Waals surface area contributed by atoms with Gasteiger partial charge in [-0.3, -0.25) is 4.79 Å². The Morgan fingerprint density at radius 2 is 1.83 bits per heavy atom. The molecule has 1 heteroatoms. The van der Waals surface area contributed by atoms with Gasteiger partial charge in [0, 0.05) is 5.56 Å². The molecule has 0 amide bonds. The normalized spacial score (nSPS) is 10.3. The molecule has 0 heterocycles. The zero-order valence-electron chi connectivity index (χ0n) is 10.7. The van der Waals surface area contributed by atoms with E-state index in [1.165, 1.54) is 18.4 Å². The van der Waals surface area contributed by atoms with Crippen LogP contribution in [0.5, 0.6) is 0 Å². The number of aryl methyl sites for hydroxylation is 1. The van der Waals surface area contributed by atoms with E-state index in [0.29, 0.717) is 0 Å². The first-order valence-electron chi connectivity index (χ1n) is 6.48. The van der Waals surface area contributed by atoms with Crippen LogP contribution in [0.2, 0.25) is 0 Å². The van der Waals surface area contributed by atoms with Crippen molar-refractivity contribution in [3.8, 4) is 11.1 Å². The number of hydrogen-bond acceptors (Lipinski definition) is 1. The second-order valence-corrected chi connectivity index (χ2v) is 4.51. The van der Waals surface area contributed by atoms with Crippen LogP contribution in [0, 0.1) is 0 Å². The number of carbonyl (C=O) groups is 1. The van der Waals surface area contributed by atoms with Crippen molar-refractivity contribution in [2.45, 2.75) is 26.2 Å². The van der Waals surface area contributed by atoms with E-state index in [2.05, 4.69) is 19.1 Å². The van der Waals surface area contributed by atoms with Crippen LogP contribution < -0.4 is 0 Å². The van der Waals surface area contributed by atoms with Crippen LogP contribution in [0.1, 0.15) is 35.7 Å². The number of rotatable bonds is 5. The lowest BCUT2D eigenvalue weighted by molar-refractivity contribution is 0.112. The van der Waals surface area contributed by atoms with Crippen molar-refractivity contribution in [1.82, 2.24) is 0 Å². The lowest BCUT2D eigenvalue weighted by Crippen LogP contribution is -1.92. The lowest BCUT2D eigenvalue weighted by atomic mass is 9.96. The molecule has 0 aliphatic rings. The topological polar surface area (TPSA) is 17.1 Å². The van der Waals surface area contributed by atoms with E-state index in [1.807, 2.05) is 36.4 Å². The molecule has 0 unspecified atom stereocenters. The maximum Gasteiger partial charge on any atom is 0.150 e. The van der Waals surface area contributed by atoms with Crippen molar-refractivity contribution in [3.63, 3.8) is 0 Å². The standard InChI is InChI=1S/C17H18O/c1-2-3-7-14-10-11-16(13-18)17(12-14)15-8-5-4-6-9-15/h4-6,8-13H,2-3,7H2,1H3. The van der Waals surface area contributed by atoms with Crippen molar-refractivity contribution >= 4 is 6.29 Å². The molecule has 0 N–H and O–H groups in total. The van der Waals surface area contributed by atoms with Gasteiger partial charge in [0.15, 0.2) is 6.29 Å². The molecule has 0 radical (unpaired) electrons. The summed E-state index contributed by atoms with van der Waals surface area (Å²) in [6, 6.07) is 16.2. The molecule has 2 rings (SSSR count). The molecule has 0 bridgehead atoms. The highest BCUT2D eigenvalue weighted by Crippen LogP contribution is 2.24. The summed E-state index contributed by atoms with van der Waals surface area (Å²) in [7, 11) is 0. The lowest BCUT2D eigenvalue weighted by Gasteiger charge is -2.08. The third-order valence-electron chi connectivity index (χ3n) is 3.15. The van der Waals surface area contributed by atoms with Gasteiger partial charge in [0.1, 0.15) is 0 Å². The molecule has 0 atom stereocenters. The summed E-state index contributed by atoms with van der Waals surface area (Å²) in [5.41, 5.74) is 4.22. The third-order valence-corrected chi connectivity index (χ3v) is 3.15. The molecular weight excluding hydrogens is 220 g/mol. The number of benzene rings is 2. The average molecular weight is 238 g/mol. The SMILES string of the molecule is CCCCc1ccc(C=O)c(-c2ccccc2)c1. The highest BCUT2D eigenvalue weighted by Gasteiger charge is 2.05. The van der Waals surface area contributed by atoms with Gasteiger partial charge in [0.25, 0.3) is 0 Å². The van der Waals surface area contributed by atoms with E-state index < -0.39 is 0 Å². The summed E-state index contributed by atoms with van der Waals surface area (Å²) in [5, 5.41) is 0. The van der Waals surface area contributed by atoms with Crippen LogP contribution in [0.3, 0.4) is 0 Å².